The molecule has 1 aromatic heterocycles. The second kappa shape index (κ2) is 5.57. The number of fused-ring (bicyclic) bond motifs is 1. The van der Waals surface area contributed by atoms with Crippen LogP contribution in [0.2, 0.25) is 0 Å². The van der Waals surface area contributed by atoms with Gasteiger partial charge in [-0.15, -0.1) is 5.10 Å². The highest BCUT2D eigenvalue weighted by molar-refractivity contribution is 5.98. The lowest BCUT2D eigenvalue weighted by Crippen LogP contribution is -2.09. The highest BCUT2D eigenvalue weighted by Crippen LogP contribution is 2.19. The van der Waals surface area contributed by atoms with E-state index in [9.17, 15) is 14.9 Å². The quantitative estimate of drug-likeness (QED) is 0.421. The van der Waals surface area contributed by atoms with Gasteiger partial charge in [-0.3, -0.25) is 14.9 Å². The number of nitro groups is 1. The van der Waals surface area contributed by atoms with Crippen LogP contribution in [0.4, 0.5) is 5.69 Å². The van der Waals surface area contributed by atoms with Crippen molar-refractivity contribution in [2.24, 2.45) is 0 Å². The Morgan fingerprint density at radius 2 is 1.86 bits per heavy atom. The molecule has 7 heteroatoms. The Hall–Kier alpha value is -3.35. The SMILES string of the molecule is O=C(C=Cc1ccccc1[N+](=O)[O-])n1nnc2ccccc21. The lowest BCUT2D eigenvalue weighted by atomic mass is 10.1. The van der Waals surface area contributed by atoms with Crippen molar-refractivity contribution in [3.63, 3.8) is 0 Å². The fraction of sp³-hybridized carbons (Fsp3) is 0. The Morgan fingerprint density at radius 1 is 1.14 bits per heavy atom. The Balaban J connectivity index is 1.93. The van der Waals surface area contributed by atoms with E-state index in [-0.39, 0.29) is 5.69 Å². The van der Waals surface area contributed by atoms with Crippen molar-refractivity contribution >= 4 is 28.7 Å². The number of para-hydroxylation sites is 2. The van der Waals surface area contributed by atoms with Gasteiger partial charge < -0.3 is 0 Å². The van der Waals surface area contributed by atoms with Crippen molar-refractivity contribution in [1.29, 1.82) is 0 Å². The van der Waals surface area contributed by atoms with Gasteiger partial charge in [0.2, 0.25) is 0 Å². The highest BCUT2D eigenvalue weighted by Gasteiger charge is 2.12. The van der Waals surface area contributed by atoms with Gasteiger partial charge in [0.15, 0.2) is 0 Å². The molecule has 3 rings (SSSR count). The smallest absolute Gasteiger partial charge is 0.267 e. The van der Waals surface area contributed by atoms with Gasteiger partial charge in [0.25, 0.3) is 11.6 Å². The first-order valence-corrected chi connectivity index (χ1v) is 6.43. The minimum absolute atomic E-state index is 0.0602. The molecule has 0 aliphatic carbocycles. The fourth-order valence-electron chi connectivity index (χ4n) is 2.06. The van der Waals surface area contributed by atoms with Crippen molar-refractivity contribution in [2.75, 3.05) is 0 Å². The molecule has 0 aliphatic rings. The van der Waals surface area contributed by atoms with E-state index in [0.29, 0.717) is 16.6 Å². The lowest BCUT2D eigenvalue weighted by Gasteiger charge is -1.97. The van der Waals surface area contributed by atoms with Gasteiger partial charge in [-0.1, -0.05) is 29.5 Å². The zero-order valence-electron chi connectivity index (χ0n) is 11.3. The van der Waals surface area contributed by atoms with Crippen LogP contribution < -0.4 is 0 Å². The van der Waals surface area contributed by atoms with E-state index < -0.39 is 10.8 Å². The molecular formula is C15H10N4O3. The number of carbonyl (C=O) groups excluding carboxylic acids is 1. The van der Waals surface area contributed by atoms with E-state index in [4.69, 9.17) is 0 Å². The summed E-state index contributed by atoms with van der Waals surface area (Å²) in [6.07, 6.45) is 2.64. The topological polar surface area (TPSA) is 90.9 Å². The lowest BCUT2D eigenvalue weighted by molar-refractivity contribution is -0.385. The van der Waals surface area contributed by atoms with Crippen LogP contribution in [-0.4, -0.2) is 25.8 Å². The zero-order valence-corrected chi connectivity index (χ0v) is 11.3. The Bertz CT molecular complexity index is 898. The summed E-state index contributed by atoms with van der Waals surface area (Å²) in [4.78, 5) is 22.6. The predicted octanol–water partition coefficient (Wildman–Crippen LogP) is 2.69. The van der Waals surface area contributed by atoms with Crippen molar-refractivity contribution in [1.82, 2.24) is 15.0 Å². The molecule has 108 valence electrons. The second-order valence-electron chi connectivity index (χ2n) is 4.48. The zero-order chi connectivity index (χ0) is 15.5. The van der Waals surface area contributed by atoms with E-state index in [2.05, 4.69) is 10.3 Å². The van der Waals surface area contributed by atoms with Gasteiger partial charge in [0.1, 0.15) is 5.52 Å². The second-order valence-corrected chi connectivity index (χ2v) is 4.48. The molecule has 0 radical (unpaired) electrons. The molecule has 1 heterocycles. The van der Waals surface area contributed by atoms with Gasteiger partial charge in [-0.05, 0) is 24.3 Å². The summed E-state index contributed by atoms with van der Waals surface area (Å²) >= 11 is 0. The first kappa shape index (κ1) is 13.6. The summed E-state index contributed by atoms with van der Waals surface area (Å²) in [6, 6.07) is 13.3. The minimum atomic E-state index is -0.491. The van der Waals surface area contributed by atoms with Crippen LogP contribution in [0.3, 0.4) is 0 Å². The monoisotopic (exact) mass is 294 g/mol. The van der Waals surface area contributed by atoms with Crippen LogP contribution in [0.1, 0.15) is 10.4 Å². The van der Waals surface area contributed by atoms with Gasteiger partial charge in [0.05, 0.1) is 16.0 Å². The van der Waals surface area contributed by atoms with Crippen LogP contribution in [0.15, 0.2) is 54.6 Å². The molecule has 7 nitrogen and oxygen atoms in total. The van der Waals surface area contributed by atoms with Crippen molar-refractivity contribution in [3.8, 4) is 0 Å². The first-order chi connectivity index (χ1) is 10.7. The third kappa shape index (κ3) is 2.47. The number of nitro benzene ring substituents is 1. The average Bonchev–Trinajstić information content (AvgIpc) is 2.97. The number of nitrogens with zero attached hydrogens (tertiary/aromatic N) is 4. The number of benzene rings is 2. The third-order valence-corrected chi connectivity index (χ3v) is 3.10. The average molecular weight is 294 g/mol. The van der Waals surface area contributed by atoms with E-state index in [1.54, 1.807) is 42.5 Å². The van der Waals surface area contributed by atoms with Crippen molar-refractivity contribution in [2.45, 2.75) is 0 Å². The molecule has 3 aromatic rings. The maximum absolute atomic E-state index is 12.2. The number of carbonyl (C=O) groups is 1. The molecule has 0 unspecified atom stereocenters. The minimum Gasteiger partial charge on any atom is -0.267 e. The molecule has 0 bridgehead atoms. The number of rotatable bonds is 3. The normalized spacial score (nSPS) is 11.1. The molecule has 0 aliphatic heterocycles. The van der Waals surface area contributed by atoms with Gasteiger partial charge in [0, 0.05) is 12.1 Å². The standard InChI is InChI=1S/C15H10N4O3/c20-15(18-14-8-4-2-6-12(14)16-17-18)10-9-11-5-1-3-7-13(11)19(21)22/h1-10H. The number of hydrogen-bond acceptors (Lipinski definition) is 5. The molecule has 0 atom stereocenters. The summed E-state index contributed by atoms with van der Waals surface area (Å²) in [5.41, 5.74) is 1.48. The third-order valence-electron chi connectivity index (χ3n) is 3.10. The molecule has 0 saturated heterocycles. The number of allylic oxidation sites excluding steroid dienone is 1. The van der Waals surface area contributed by atoms with E-state index in [1.807, 2.05) is 0 Å². The van der Waals surface area contributed by atoms with Gasteiger partial charge in [-0.2, -0.15) is 4.68 Å². The first-order valence-electron chi connectivity index (χ1n) is 6.43. The van der Waals surface area contributed by atoms with Crippen molar-refractivity contribution < 1.29 is 9.72 Å². The van der Waals surface area contributed by atoms with Crippen LogP contribution >= 0.6 is 0 Å². The van der Waals surface area contributed by atoms with Crippen LogP contribution in [-0.2, 0) is 0 Å². The molecule has 0 spiro atoms. The molecule has 0 fully saturated rings. The molecular weight excluding hydrogens is 284 g/mol. The van der Waals surface area contributed by atoms with Crippen LogP contribution in [0.25, 0.3) is 17.1 Å². The van der Waals surface area contributed by atoms with E-state index in [0.717, 1.165) is 4.68 Å². The Labute approximate surface area is 124 Å². The van der Waals surface area contributed by atoms with Crippen LogP contribution in [0, 0.1) is 10.1 Å². The summed E-state index contributed by atoms with van der Waals surface area (Å²) < 4.78 is 1.15. The Kier molecular flexibility index (Phi) is 3.45. The predicted molar refractivity (Wildman–Crippen MR) is 80.3 cm³/mol. The molecule has 2 aromatic carbocycles. The van der Waals surface area contributed by atoms with Gasteiger partial charge >= 0.3 is 0 Å². The largest absolute Gasteiger partial charge is 0.276 e. The van der Waals surface area contributed by atoms with Gasteiger partial charge in [-0.25, -0.2) is 0 Å². The van der Waals surface area contributed by atoms with E-state index in [1.165, 1.54) is 18.2 Å². The highest BCUT2D eigenvalue weighted by atomic mass is 16.6. The molecule has 0 saturated carbocycles. The maximum atomic E-state index is 12.2. The molecule has 0 amide bonds. The number of aromatic nitrogens is 3. The fourth-order valence-corrected chi connectivity index (χ4v) is 2.06. The molecule has 0 N–H and O–H groups in total. The van der Waals surface area contributed by atoms with E-state index >= 15 is 0 Å². The summed E-state index contributed by atoms with van der Waals surface area (Å²) in [5, 5.41) is 18.6. The summed E-state index contributed by atoms with van der Waals surface area (Å²) in [7, 11) is 0. The molecule has 22 heavy (non-hydrogen) atoms. The maximum Gasteiger partial charge on any atom is 0.276 e. The van der Waals surface area contributed by atoms with Crippen LogP contribution in [0.5, 0.6) is 0 Å². The summed E-state index contributed by atoms with van der Waals surface area (Å²) in [6.45, 7) is 0. The number of hydrogen-bond donors (Lipinski definition) is 0. The van der Waals surface area contributed by atoms with Crippen molar-refractivity contribution in [3.05, 3.63) is 70.3 Å². The Morgan fingerprint density at radius 3 is 2.68 bits per heavy atom. The summed E-state index contributed by atoms with van der Waals surface area (Å²) in [5.74, 6) is -0.424.